The van der Waals surface area contributed by atoms with Gasteiger partial charge in [-0.15, -0.1) is 0 Å². The number of benzene rings is 1. The summed E-state index contributed by atoms with van der Waals surface area (Å²) in [6.07, 6.45) is 0.239. The van der Waals surface area contributed by atoms with Crippen LogP contribution in [0.3, 0.4) is 0 Å². The molecule has 1 aromatic carbocycles. The van der Waals surface area contributed by atoms with Crippen LogP contribution in [0.2, 0.25) is 0 Å². The van der Waals surface area contributed by atoms with E-state index in [1.165, 1.54) is 12.1 Å². The standard InChI is InChI=1S/C9H6BrF2N/c10-7(5-13)3-6-1-2-8(11)4-9(6)12/h1-2,4,7H,3H2. The SMILES string of the molecule is N#CC(Br)Cc1ccc(F)cc1F. The highest BCUT2D eigenvalue weighted by Gasteiger charge is 2.08. The van der Waals surface area contributed by atoms with Gasteiger partial charge in [-0.1, -0.05) is 22.0 Å². The van der Waals surface area contributed by atoms with E-state index in [1.807, 2.05) is 6.07 Å². The molecule has 0 aromatic heterocycles. The Morgan fingerprint density at radius 3 is 2.69 bits per heavy atom. The molecule has 1 aromatic rings. The molecule has 0 amide bonds. The number of halogens is 3. The van der Waals surface area contributed by atoms with Gasteiger partial charge >= 0.3 is 0 Å². The second-order valence-electron chi connectivity index (χ2n) is 2.54. The van der Waals surface area contributed by atoms with E-state index < -0.39 is 16.5 Å². The number of hydrogen-bond acceptors (Lipinski definition) is 1. The molecule has 0 radical (unpaired) electrons. The van der Waals surface area contributed by atoms with Crippen molar-refractivity contribution in [2.45, 2.75) is 11.2 Å². The summed E-state index contributed by atoms with van der Waals surface area (Å²) in [6.45, 7) is 0. The monoisotopic (exact) mass is 245 g/mol. The van der Waals surface area contributed by atoms with Crippen molar-refractivity contribution in [3.05, 3.63) is 35.4 Å². The molecule has 0 bridgehead atoms. The first-order valence-corrected chi connectivity index (χ1v) is 4.52. The molecule has 0 N–H and O–H groups in total. The minimum Gasteiger partial charge on any atom is -0.207 e. The topological polar surface area (TPSA) is 23.8 Å². The van der Waals surface area contributed by atoms with E-state index in [9.17, 15) is 8.78 Å². The van der Waals surface area contributed by atoms with Gasteiger partial charge in [-0.25, -0.2) is 8.78 Å². The molecule has 0 aliphatic rings. The van der Waals surface area contributed by atoms with Gasteiger partial charge in [-0.05, 0) is 11.6 Å². The van der Waals surface area contributed by atoms with E-state index in [0.29, 0.717) is 5.56 Å². The Balaban J connectivity index is 2.85. The molecule has 1 atom stereocenters. The summed E-state index contributed by atoms with van der Waals surface area (Å²) in [7, 11) is 0. The summed E-state index contributed by atoms with van der Waals surface area (Å²) in [6, 6.07) is 5.24. The lowest BCUT2D eigenvalue weighted by atomic mass is 10.1. The van der Waals surface area contributed by atoms with Crippen LogP contribution in [0.4, 0.5) is 8.78 Å². The van der Waals surface area contributed by atoms with Gasteiger partial charge in [0.05, 0.1) is 6.07 Å². The van der Waals surface area contributed by atoms with Gasteiger partial charge in [-0.2, -0.15) is 5.26 Å². The van der Waals surface area contributed by atoms with Crippen molar-refractivity contribution in [2.75, 3.05) is 0 Å². The Morgan fingerprint density at radius 1 is 1.46 bits per heavy atom. The predicted molar refractivity (Wildman–Crippen MR) is 48.4 cm³/mol. The third-order valence-electron chi connectivity index (χ3n) is 1.55. The second-order valence-corrected chi connectivity index (χ2v) is 3.64. The van der Waals surface area contributed by atoms with Crippen LogP contribution < -0.4 is 0 Å². The van der Waals surface area contributed by atoms with Crippen molar-refractivity contribution >= 4 is 15.9 Å². The maximum absolute atomic E-state index is 13.0. The van der Waals surface area contributed by atoms with E-state index in [-0.39, 0.29) is 6.42 Å². The van der Waals surface area contributed by atoms with Crippen LogP contribution >= 0.6 is 15.9 Å². The third kappa shape index (κ3) is 2.78. The number of rotatable bonds is 2. The summed E-state index contributed by atoms with van der Waals surface area (Å²) in [5, 5.41) is 8.45. The lowest BCUT2D eigenvalue weighted by Gasteiger charge is -2.02. The highest BCUT2D eigenvalue weighted by molar-refractivity contribution is 9.09. The van der Waals surface area contributed by atoms with E-state index in [0.717, 1.165) is 6.07 Å². The molecular formula is C9H6BrF2N. The Hall–Kier alpha value is -0.950. The van der Waals surface area contributed by atoms with Crippen LogP contribution in [0.1, 0.15) is 5.56 Å². The number of alkyl halides is 1. The highest BCUT2D eigenvalue weighted by Crippen LogP contribution is 2.14. The van der Waals surface area contributed by atoms with E-state index in [2.05, 4.69) is 15.9 Å². The molecule has 0 saturated heterocycles. The molecule has 0 aliphatic heterocycles. The van der Waals surface area contributed by atoms with Gasteiger partial charge in [0.1, 0.15) is 16.5 Å². The summed E-state index contributed by atoms with van der Waals surface area (Å²) < 4.78 is 25.4. The Kier molecular flexibility index (Phi) is 3.38. The summed E-state index contributed by atoms with van der Waals surface area (Å²) in [4.78, 5) is -0.438. The average molecular weight is 246 g/mol. The van der Waals surface area contributed by atoms with Gasteiger partial charge in [0.25, 0.3) is 0 Å². The predicted octanol–water partition coefficient (Wildman–Crippen LogP) is 2.79. The quantitative estimate of drug-likeness (QED) is 0.736. The smallest absolute Gasteiger partial charge is 0.129 e. The zero-order valence-corrected chi connectivity index (χ0v) is 8.18. The van der Waals surface area contributed by atoms with Crippen LogP contribution in [0, 0.1) is 23.0 Å². The fourth-order valence-corrected chi connectivity index (χ4v) is 1.27. The zero-order chi connectivity index (χ0) is 9.84. The lowest BCUT2D eigenvalue weighted by molar-refractivity contribution is 0.572. The minimum absolute atomic E-state index is 0.239. The molecule has 1 unspecified atom stereocenters. The van der Waals surface area contributed by atoms with Gasteiger partial charge in [0.15, 0.2) is 0 Å². The molecule has 0 spiro atoms. The van der Waals surface area contributed by atoms with Crippen molar-refractivity contribution in [3.8, 4) is 6.07 Å². The largest absolute Gasteiger partial charge is 0.207 e. The summed E-state index contributed by atoms with van der Waals surface area (Å²) in [5.41, 5.74) is 0.338. The molecule has 0 saturated carbocycles. The lowest BCUT2D eigenvalue weighted by Crippen LogP contribution is -2.01. The molecule has 0 aliphatic carbocycles. The molecule has 0 heterocycles. The van der Waals surface area contributed by atoms with Crippen molar-refractivity contribution < 1.29 is 8.78 Å². The first kappa shape index (κ1) is 10.1. The Morgan fingerprint density at radius 2 is 2.15 bits per heavy atom. The van der Waals surface area contributed by atoms with Gasteiger partial charge < -0.3 is 0 Å². The average Bonchev–Trinajstić information content (AvgIpc) is 2.09. The van der Waals surface area contributed by atoms with E-state index in [1.54, 1.807) is 0 Å². The molecular weight excluding hydrogens is 240 g/mol. The molecule has 13 heavy (non-hydrogen) atoms. The molecule has 4 heteroatoms. The fourth-order valence-electron chi connectivity index (χ4n) is 0.926. The number of hydrogen-bond donors (Lipinski definition) is 0. The third-order valence-corrected chi connectivity index (χ3v) is 2.08. The maximum Gasteiger partial charge on any atom is 0.129 e. The van der Waals surface area contributed by atoms with Crippen LogP contribution in [-0.2, 0) is 6.42 Å². The molecule has 68 valence electrons. The number of nitriles is 1. The summed E-state index contributed by atoms with van der Waals surface area (Å²) in [5.74, 6) is -1.22. The first-order chi connectivity index (χ1) is 6.13. The Labute approximate surface area is 83.1 Å². The highest BCUT2D eigenvalue weighted by atomic mass is 79.9. The van der Waals surface area contributed by atoms with Gasteiger partial charge in [-0.3, -0.25) is 0 Å². The molecule has 1 nitrogen and oxygen atoms in total. The van der Waals surface area contributed by atoms with E-state index in [4.69, 9.17) is 5.26 Å². The molecule has 0 fully saturated rings. The van der Waals surface area contributed by atoms with Crippen LogP contribution in [0.25, 0.3) is 0 Å². The van der Waals surface area contributed by atoms with Gasteiger partial charge in [0, 0.05) is 12.5 Å². The zero-order valence-electron chi connectivity index (χ0n) is 6.60. The fraction of sp³-hybridized carbons (Fsp3) is 0.222. The maximum atomic E-state index is 13.0. The Bertz CT molecular complexity index is 346. The minimum atomic E-state index is -0.611. The van der Waals surface area contributed by atoms with Crippen molar-refractivity contribution in [1.82, 2.24) is 0 Å². The molecule has 1 rings (SSSR count). The summed E-state index contributed by atoms with van der Waals surface area (Å²) >= 11 is 3.04. The van der Waals surface area contributed by atoms with Crippen LogP contribution in [0.5, 0.6) is 0 Å². The van der Waals surface area contributed by atoms with Crippen molar-refractivity contribution in [1.29, 1.82) is 5.26 Å². The second kappa shape index (κ2) is 4.33. The van der Waals surface area contributed by atoms with Crippen LogP contribution in [-0.4, -0.2) is 4.83 Å². The van der Waals surface area contributed by atoms with Gasteiger partial charge in [0.2, 0.25) is 0 Å². The van der Waals surface area contributed by atoms with E-state index >= 15 is 0 Å². The van der Waals surface area contributed by atoms with Crippen molar-refractivity contribution in [2.24, 2.45) is 0 Å². The van der Waals surface area contributed by atoms with Crippen LogP contribution in [0.15, 0.2) is 18.2 Å². The van der Waals surface area contributed by atoms with Crippen molar-refractivity contribution in [3.63, 3.8) is 0 Å². The first-order valence-electron chi connectivity index (χ1n) is 3.61. The normalized spacial score (nSPS) is 12.2. The number of nitrogens with zero attached hydrogens (tertiary/aromatic N) is 1.